The van der Waals surface area contributed by atoms with Crippen LogP contribution >= 0.6 is 24.0 Å². The summed E-state index contributed by atoms with van der Waals surface area (Å²) in [6.45, 7) is 1.69. The van der Waals surface area contributed by atoms with Crippen molar-refractivity contribution in [3.63, 3.8) is 0 Å². The fourth-order valence-electron chi connectivity index (χ4n) is 2.79. The minimum atomic E-state index is -1.08. The minimum Gasteiger partial charge on any atom is -0.479 e. The van der Waals surface area contributed by atoms with Crippen molar-refractivity contribution in [2.75, 3.05) is 0 Å². The Balaban J connectivity index is 1.75. The summed E-state index contributed by atoms with van der Waals surface area (Å²) in [7, 11) is 0. The second-order valence-corrected chi connectivity index (χ2v) is 8.37. The Morgan fingerprint density at radius 1 is 1.30 bits per heavy atom. The highest BCUT2D eigenvalue weighted by Crippen LogP contribution is 2.32. The number of aliphatic carboxylic acids is 1. The van der Waals surface area contributed by atoms with Crippen molar-refractivity contribution >= 4 is 57.8 Å². The van der Waals surface area contributed by atoms with Crippen molar-refractivity contribution < 1.29 is 29.2 Å². The molecule has 2 N–H and O–H groups in total. The molecule has 1 aliphatic rings. The maximum Gasteiger partial charge on any atom is 0.344 e. The topological polar surface area (TPSA) is 139 Å². The molecule has 1 unspecified atom stereocenters. The number of hydrogen-bond acceptors (Lipinski definition) is 8. The molecule has 10 nitrogen and oxygen atoms in total. The summed E-state index contributed by atoms with van der Waals surface area (Å²) in [5, 5.41) is 21.0. The first-order valence-corrected chi connectivity index (χ1v) is 10.7. The van der Waals surface area contributed by atoms with E-state index in [0.29, 0.717) is 11.3 Å². The van der Waals surface area contributed by atoms with Gasteiger partial charge in [0.1, 0.15) is 5.75 Å². The number of nitro benzene ring substituents is 1. The van der Waals surface area contributed by atoms with Crippen molar-refractivity contribution in [2.24, 2.45) is 0 Å². The Morgan fingerprint density at radius 2 is 2.03 bits per heavy atom. The van der Waals surface area contributed by atoms with Gasteiger partial charge in [-0.15, -0.1) is 0 Å². The van der Waals surface area contributed by atoms with E-state index in [1.165, 1.54) is 24.3 Å². The lowest BCUT2D eigenvalue weighted by Gasteiger charge is -2.15. The Hall–Kier alpha value is -3.77. The van der Waals surface area contributed by atoms with Crippen molar-refractivity contribution in [2.45, 2.75) is 19.4 Å². The number of thiocarbonyl (C=S) groups is 1. The molecule has 0 saturated carbocycles. The number of benzene rings is 2. The number of carboxylic acid groups (broad SMARTS) is 1. The van der Waals surface area contributed by atoms with Crippen LogP contribution in [0, 0.1) is 10.1 Å². The molecule has 170 valence electrons. The van der Waals surface area contributed by atoms with E-state index in [9.17, 15) is 24.5 Å². The average Bonchev–Trinajstić information content (AvgIpc) is 3.04. The standard InChI is InChI=1S/C21H17N3O7S2/c1-2-16(20(27)28)31-15-8-3-5-12(9-15)10-17-19(26)23(21(32)33-17)22-18(25)13-6-4-7-14(11-13)24(29)30/h3-11,16H,2H2,1H3,(H,22,25)(H,27,28)/b17-10+. The zero-order valence-electron chi connectivity index (χ0n) is 17.1. The molecule has 2 amide bonds. The Bertz CT molecular complexity index is 1180. The van der Waals surface area contributed by atoms with Gasteiger partial charge in [0.15, 0.2) is 10.4 Å². The summed E-state index contributed by atoms with van der Waals surface area (Å²) in [4.78, 5) is 47.0. The van der Waals surface area contributed by atoms with Crippen molar-refractivity contribution in [1.29, 1.82) is 0 Å². The minimum absolute atomic E-state index is 0.00371. The highest BCUT2D eigenvalue weighted by Gasteiger charge is 2.34. The number of nitrogens with one attached hydrogen (secondary N) is 1. The van der Waals surface area contributed by atoms with Crippen LogP contribution < -0.4 is 10.2 Å². The van der Waals surface area contributed by atoms with Gasteiger partial charge in [-0.2, -0.15) is 5.01 Å². The molecule has 0 aromatic heterocycles. The largest absolute Gasteiger partial charge is 0.479 e. The van der Waals surface area contributed by atoms with Gasteiger partial charge in [0, 0.05) is 17.7 Å². The summed E-state index contributed by atoms with van der Waals surface area (Å²) in [6.07, 6.45) is 0.818. The van der Waals surface area contributed by atoms with Gasteiger partial charge in [-0.05, 0) is 48.5 Å². The summed E-state index contributed by atoms with van der Waals surface area (Å²) >= 11 is 6.15. The van der Waals surface area contributed by atoms with Crippen LogP contribution in [0.5, 0.6) is 5.75 Å². The average molecular weight is 488 g/mol. The number of hydrogen-bond donors (Lipinski definition) is 2. The first kappa shape index (κ1) is 23.9. The van der Waals surface area contributed by atoms with Gasteiger partial charge in [-0.3, -0.25) is 25.1 Å². The molecule has 1 atom stereocenters. The van der Waals surface area contributed by atoms with Crippen LogP contribution in [0.1, 0.15) is 29.3 Å². The third kappa shape index (κ3) is 5.73. The smallest absolute Gasteiger partial charge is 0.344 e. The van der Waals surface area contributed by atoms with Gasteiger partial charge in [0.25, 0.3) is 17.5 Å². The van der Waals surface area contributed by atoms with Gasteiger partial charge < -0.3 is 9.84 Å². The number of nitro groups is 1. The summed E-state index contributed by atoms with van der Waals surface area (Å²) in [6, 6.07) is 11.6. The molecule has 1 saturated heterocycles. The summed E-state index contributed by atoms with van der Waals surface area (Å²) in [5.41, 5.74) is 2.67. The number of hydrazine groups is 1. The second-order valence-electron chi connectivity index (χ2n) is 6.69. The monoisotopic (exact) mass is 487 g/mol. The van der Waals surface area contributed by atoms with Gasteiger partial charge in [0.2, 0.25) is 0 Å². The van der Waals surface area contributed by atoms with Gasteiger partial charge in [-0.25, -0.2) is 4.79 Å². The molecule has 0 radical (unpaired) electrons. The van der Waals surface area contributed by atoms with Crippen molar-refractivity contribution in [1.82, 2.24) is 10.4 Å². The third-order valence-electron chi connectivity index (χ3n) is 4.41. The molecule has 2 aromatic rings. The first-order chi connectivity index (χ1) is 15.7. The zero-order chi connectivity index (χ0) is 24.1. The van der Waals surface area contributed by atoms with E-state index in [0.717, 1.165) is 22.8 Å². The van der Waals surface area contributed by atoms with Gasteiger partial charge in [0.05, 0.1) is 9.83 Å². The normalized spacial score (nSPS) is 15.4. The number of amides is 2. The Labute approximate surface area is 197 Å². The number of non-ortho nitro benzene ring substituents is 1. The quantitative estimate of drug-likeness (QED) is 0.248. The molecular formula is C21H17N3O7S2. The lowest BCUT2D eigenvalue weighted by Crippen LogP contribution is -2.44. The molecule has 0 bridgehead atoms. The van der Waals surface area contributed by atoms with E-state index in [-0.39, 0.29) is 26.9 Å². The van der Waals surface area contributed by atoms with Crippen LogP contribution in [0.25, 0.3) is 6.08 Å². The van der Waals surface area contributed by atoms with Crippen LogP contribution in [0.2, 0.25) is 0 Å². The van der Waals surface area contributed by atoms with Gasteiger partial charge in [-0.1, -0.05) is 36.9 Å². The van der Waals surface area contributed by atoms with E-state index in [1.54, 1.807) is 31.2 Å². The second kappa shape index (κ2) is 10.2. The SMILES string of the molecule is CCC(Oc1cccc(/C=C2/SC(=S)N(NC(=O)c3cccc([N+](=O)[O-])c3)C2=O)c1)C(=O)O. The van der Waals surface area contributed by atoms with Crippen LogP contribution in [-0.2, 0) is 9.59 Å². The highest BCUT2D eigenvalue weighted by atomic mass is 32.2. The number of carboxylic acids is 1. The summed E-state index contributed by atoms with van der Waals surface area (Å²) in [5.74, 6) is -2.06. The molecule has 1 fully saturated rings. The number of rotatable bonds is 8. The fraction of sp³-hybridized carbons (Fsp3) is 0.143. The number of thioether (sulfide) groups is 1. The van der Waals surface area contributed by atoms with Crippen LogP contribution in [-0.4, -0.2) is 43.2 Å². The zero-order valence-corrected chi connectivity index (χ0v) is 18.7. The molecule has 0 spiro atoms. The number of ether oxygens (including phenoxy) is 1. The van der Waals surface area contributed by atoms with Crippen molar-refractivity contribution in [3.8, 4) is 5.75 Å². The third-order valence-corrected chi connectivity index (χ3v) is 5.71. The predicted molar refractivity (Wildman–Crippen MR) is 124 cm³/mol. The lowest BCUT2D eigenvalue weighted by molar-refractivity contribution is -0.384. The van der Waals surface area contributed by atoms with E-state index >= 15 is 0 Å². The Morgan fingerprint density at radius 3 is 2.70 bits per heavy atom. The van der Waals surface area contributed by atoms with E-state index in [2.05, 4.69) is 5.43 Å². The number of nitrogens with zero attached hydrogens (tertiary/aromatic N) is 2. The lowest BCUT2D eigenvalue weighted by atomic mass is 10.2. The summed E-state index contributed by atoms with van der Waals surface area (Å²) < 4.78 is 5.54. The molecule has 0 aliphatic carbocycles. The van der Waals surface area contributed by atoms with Gasteiger partial charge >= 0.3 is 5.97 Å². The fourth-order valence-corrected chi connectivity index (χ4v) is 3.97. The predicted octanol–water partition coefficient (Wildman–Crippen LogP) is 3.38. The Kier molecular flexibility index (Phi) is 7.41. The molecule has 12 heteroatoms. The van der Waals surface area contributed by atoms with Crippen molar-refractivity contribution in [3.05, 3.63) is 74.7 Å². The van der Waals surface area contributed by atoms with E-state index in [4.69, 9.17) is 22.1 Å². The maximum atomic E-state index is 12.8. The molecular weight excluding hydrogens is 470 g/mol. The van der Waals surface area contributed by atoms with Crippen LogP contribution in [0.15, 0.2) is 53.4 Å². The highest BCUT2D eigenvalue weighted by molar-refractivity contribution is 8.26. The van der Waals surface area contributed by atoms with Crippen LogP contribution in [0.4, 0.5) is 5.69 Å². The first-order valence-electron chi connectivity index (χ1n) is 9.52. The molecule has 2 aromatic carbocycles. The van der Waals surface area contributed by atoms with Crippen LogP contribution in [0.3, 0.4) is 0 Å². The number of carbonyl (C=O) groups excluding carboxylic acids is 2. The molecule has 3 rings (SSSR count). The molecule has 33 heavy (non-hydrogen) atoms. The maximum absolute atomic E-state index is 12.8. The molecule has 1 aliphatic heterocycles. The number of carbonyl (C=O) groups is 3. The molecule has 1 heterocycles. The van der Waals surface area contributed by atoms with E-state index < -0.39 is 28.8 Å². The van der Waals surface area contributed by atoms with E-state index in [1.807, 2.05) is 0 Å².